The lowest BCUT2D eigenvalue weighted by Gasteiger charge is -2.04. The second kappa shape index (κ2) is 6.59. The number of phenolic OH excluding ortho intramolecular Hbond substituents is 1. The van der Waals surface area contributed by atoms with Gasteiger partial charge in [-0.2, -0.15) is 10.2 Å². The normalized spacial score (nSPS) is 11.0. The van der Waals surface area contributed by atoms with Gasteiger partial charge in [0, 0.05) is 7.05 Å². The maximum absolute atomic E-state index is 11.6. The molecule has 0 bridgehead atoms. The standard InChI is InChI=1S/C12H9Br2ClN4O2/c1-19-12(21)10(15)9(5-17-19)18-16-4-6-2-7(13)11(20)8(14)3-6/h2-5,18,20H,1H3/b16-4-. The second-order valence-electron chi connectivity index (χ2n) is 4.00. The molecule has 2 N–H and O–H groups in total. The molecule has 0 saturated carbocycles. The third-order valence-electron chi connectivity index (χ3n) is 2.52. The van der Waals surface area contributed by atoms with Crippen LogP contribution in [0.15, 0.2) is 37.2 Å². The number of rotatable bonds is 3. The quantitative estimate of drug-likeness (QED) is 0.573. The van der Waals surface area contributed by atoms with Gasteiger partial charge >= 0.3 is 0 Å². The smallest absolute Gasteiger partial charge is 0.287 e. The SMILES string of the molecule is Cn1ncc(N/N=C\c2cc(Br)c(O)c(Br)c2)c(Cl)c1=O. The van der Waals surface area contributed by atoms with Crippen molar-refractivity contribution in [2.45, 2.75) is 0 Å². The Balaban J connectivity index is 2.20. The fourth-order valence-corrected chi connectivity index (χ4v) is 2.86. The van der Waals surface area contributed by atoms with E-state index in [-0.39, 0.29) is 10.8 Å². The summed E-state index contributed by atoms with van der Waals surface area (Å²) in [6.07, 6.45) is 2.92. The molecule has 0 unspecified atom stereocenters. The van der Waals surface area contributed by atoms with Crippen molar-refractivity contribution >= 4 is 55.4 Å². The second-order valence-corrected chi connectivity index (χ2v) is 6.09. The van der Waals surface area contributed by atoms with Crippen LogP contribution >= 0.6 is 43.5 Å². The van der Waals surface area contributed by atoms with Gasteiger partial charge < -0.3 is 5.11 Å². The van der Waals surface area contributed by atoms with Crippen LogP contribution in [0.1, 0.15) is 5.56 Å². The number of hydrogen-bond donors (Lipinski definition) is 2. The Kier molecular flexibility index (Phi) is 5.02. The summed E-state index contributed by atoms with van der Waals surface area (Å²) in [5.41, 5.74) is 3.28. The van der Waals surface area contributed by atoms with Crippen molar-refractivity contribution in [1.82, 2.24) is 9.78 Å². The van der Waals surface area contributed by atoms with Crippen molar-refractivity contribution in [3.8, 4) is 5.75 Å². The summed E-state index contributed by atoms with van der Waals surface area (Å²) < 4.78 is 2.20. The van der Waals surface area contributed by atoms with Gasteiger partial charge in [0.05, 0.1) is 21.4 Å². The van der Waals surface area contributed by atoms with E-state index in [1.807, 2.05) is 0 Å². The summed E-state index contributed by atoms with van der Waals surface area (Å²) in [5, 5.41) is 17.4. The number of hydrazone groups is 1. The van der Waals surface area contributed by atoms with Crippen LogP contribution in [0.3, 0.4) is 0 Å². The summed E-state index contributed by atoms with van der Waals surface area (Å²) in [6.45, 7) is 0. The Morgan fingerprint density at radius 1 is 1.43 bits per heavy atom. The maximum atomic E-state index is 11.6. The first kappa shape index (κ1) is 16.0. The van der Waals surface area contributed by atoms with Crippen LogP contribution in [0.25, 0.3) is 0 Å². The van der Waals surface area contributed by atoms with E-state index in [0.29, 0.717) is 14.6 Å². The minimum absolute atomic E-state index is 0.0118. The molecular formula is C12H9Br2ClN4O2. The van der Waals surface area contributed by atoms with E-state index in [2.05, 4.69) is 47.5 Å². The predicted molar refractivity (Wildman–Crippen MR) is 89.2 cm³/mol. The third-order valence-corrected chi connectivity index (χ3v) is 4.09. The zero-order chi connectivity index (χ0) is 15.6. The van der Waals surface area contributed by atoms with Crippen LogP contribution in [0, 0.1) is 0 Å². The van der Waals surface area contributed by atoms with E-state index in [1.165, 1.54) is 19.5 Å². The molecule has 0 amide bonds. The number of nitrogens with one attached hydrogen (secondary N) is 1. The maximum Gasteiger partial charge on any atom is 0.287 e. The molecule has 0 saturated heterocycles. The minimum atomic E-state index is -0.410. The number of halogens is 3. The van der Waals surface area contributed by atoms with Crippen LogP contribution < -0.4 is 11.0 Å². The van der Waals surface area contributed by atoms with E-state index in [1.54, 1.807) is 12.1 Å². The van der Waals surface area contributed by atoms with Crippen molar-refractivity contribution in [1.29, 1.82) is 0 Å². The number of anilines is 1. The fourth-order valence-electron chi connectivity index (χ4n) is 1.42. The Labute approximate surface area is 141 Å². The lowest BCUT2D eigenvalue weighted by atomic mass is 10.2. The Hall–Kier alpha value is -1.38. The van der Waals surface area contributed by atoms with E-state index < -0.39 is 5.56 Å². The average Bonchev–Trinajstić information content (AvgIpc) is 2.44. The Morgan fingerprint density at radius 3 is 2.67 bits per heavy atom. The zero-order valence-electron chi connectivity index (χ0n) is 10.6. The molecule has 0 fully saturated rings. The summed E-state index contributed by atoms with van der Waals surface area (Å²) in [4.78, 5) is 11.6. The third kappa shape index (κ3) is 3.63. The first-order chi connectivity index (χ1) is 9.90. The minimum Gasteiger partial charge on any atom is -0.506 e. The van der Waals surface area contributed by atoms with Crippen molar-refractivity contribution in [3.63, 3.8) is 0 Å². The van der Waals surface area contributed by atoms with Crippen molar-refractivity contribution in [2.75, 3.05) is 5.43 Å². The highest BCUT2D eigenvalue weighted by Crippen LogP contribution is 2.32. The fraction of sp³-hybridized carbons (Fsp3) is 0.0833. The molecule has 0 aliphatic rings. The van der Waals surface area contributed by atoms with Crippen LogP contribution in [0.5, 0.6) is 5.75 Å². The van der Waals surface area contributed by atoms with Crippen molar-refractivity contribution < 1.29 is 5.11 Å². The number of nitrogens with zero attached hydrogens (tertiary/aromatic N) is 3. The van der Waals surface area contributed by atoms with Crippen LogP contribution in [-0.4, -0.2) is 21.1 Å². The molecule has 1 aromatic heterocycles. The van der Waals surface area contributed by atoms with Gasteiger partial charge in [-0.05, 0) is 49.6 Å². The number of aromatic nitrogens is 2. The van der Waals surface area contributed by atoms with Gasteiger partial charge in [0.1, 0.15) is 16.5 Å². The van der Waals surface area contributed by atoms with E-state index in [4.69, 9.17) is 11.6 Å². The average molecular weight is 436 g/mol. The molecule has 0 radical (unpaired) electrons. The highest BCUT2D eigenvalue weighted by Gasteiger charge is 2.07. The summed E-state index contributed by atoms with van der Waals surface area (Å²) in [6, 6.07) is 3.38. The van der Waals surface area contributed by atoms with Gasteiger partial charge in [0.25, 0.3) is 5.56 Å². The predicted octanol–water partition coefficient (Wildman–Crippen LogP) is 3.11. The number of phenols is 1. The van der Waals surface area contributed by atoms with Gasteiger partial charge in [0.2, 0.25) is 0 Å². The molecule has 2 rings (SSSR count). The van der Waals surface area contributed by atoms with E-state index in [9.17, 15) is 9.90 Å². The lowest BCUT2D eigenvalue weighted by Crippen LogP contribution is -2.20. The van der Waals surface area contributed by atoms with Gasteiger partial charge in [-0.15, -0.1) is 0 Å². The molecule has 0 aliphatic carbocycles. The largest absolute Gasteiger partial charge is 0.506 e. The molecule has 0 spiro atoms. The van der Waals surface area contributed by atoms with Gasteiger partial charge in [0.15, 0.2) is 0 Å². The molecule has 9 heteroatoms. The van der Waals surface area contributed by atoms with Gasteiger partial charge in [-0.1, -0.05) is 11.6 Å². The molecule has 0 aliphatic heterocycles. The molecule has 6 nitrogen and oxygen atoms in total. The van der Waals surface area contributed by atoms with Crippen molar-refractivity contribution in [2.24, 2.45) is 12.1 Å². The summed E-state index contributed by atoms with van der Waals surface area (Å²) >= 11 is 12.3. The number of aryl methyl sites for hydroxylation is 1. The monoisotopic (exact) mass is 434 g/mol. The summed E-state index contributed by atoms with van der Waals surface area (Å²) in [5.74, 6) is 0.110. The van der Waals surface area contributed by atoms with E-state index >= 15 is 0 Å². The molecule has 1 aromatic carbocycles. The molecule has 1 heterocycles. The molecule has 0 atom stereocenters. The number of aromatic hydroxyl groups is 1. The molecule has 21 heavy (non-hydrogen) atoms. The molecular weight excluding hydrogens is 427 g/mol. The van der Waals surface area contributed by atoms with Crippen LogP contribution in [-0.2, 0) is 7.05 Å². The highest BCUT2D eigenvalue weighted by atomic mass is 79.9. The zero-order valence-corrected chi connectivity index (χ0v) is 14.6. The first-order valence-electron chi connectivity index (χ1n) is 5.59. The summed E-state index contributed by atoms with van der Waals surface area (Å²) in [7, 11) is 1.51. The van der Waals surface area contributed by atoms with Gasteiger partial charge in [-0.3, -0.25) is 10.2 Å². The van der Waals surface area contributed by atoms with Crippen molar-refractivity contribution in [3.05, 3.63) is 48.2 Å². The first-order valence-corrected chi connectivity index (χ1v) is 7.55. The Bertz CT molecular complexity index is 753. The van der Waals surface area contributed by atoms with E-state index in [0.717, 1.165) is 10.2 Å². The lowest BCUT2D eigenvalue weighted by molar-refractivity contribution is 0.468. The number of benzene rings is 1. The Morgan fingerprint density at radius 2 is 2.05 bits per heavy atom. The molecule has 2 aromatic rings. The van der Waals surface area contributed by atoms with Gasteiger partial charge in [-0.25, -0.2) is 4.68 Å². The molecule has 110 valence electrons. The number of hydrogen-bond acceptors (Lipinski definition) is 5. The highest BCUT2D eigenvalue weighted by molar-refractivity contribution is 9.11. The van der Waals surface area contributed by atoms with Crippen LogP contribution in [0.2, 0.25) is 5.02 Å². The van der Waals surface area contributed by atoms with Crippen LogP contribution in [0.4, 0.5) is 5.69 Å². The topological polar surface area (TPSA) is 79.5 Å².